The molecule has 1 fully saturated rings. The fraction of sp³-hybridized carbons (Fsp3) is 0.250. The van der Waals surface area contributed by atoms with Crippen LogP contribution in [-0.2, 0) is 0 Å². The van der Waals surface area contributed by atoms with E-state index >= 15 is 0 Å². The number of benzene rings is 3. The molecule has 4 rings (SSSR count). The molecule has 0 spiro atoms. The summed E-state index contributed by atoms with van der Waals surface area (Å²) in [4.78, 5) is 0. The summed E-state index contributed by atoms with van der Waals surface area (Å²) in [5.74, 6) is 1.47. The Kier molecular flexibility index (Phi) is 6.06. The molecule has 1 aliphatic rings. The van der Waals surface area contributed by atoms with Crippen molar-refractivity contribution >= 4 is 43.5 Å². The van der Waals surface area contributed by atoms with Gasteiger partial charge in [-0.05, 0) is 71.9 Å². The molecule has 3 aromatic carbocycles. The summed E-state index contributed by atoms with van der Waals surface area (Å²) in [6, 6.07) is 25.7. The van der Waals surface area contributed by atoms with E-state index in [9.17, 15) is 0 Å². The SMILES string of the molecule is Clc1ccccc1C1CC(c2ccccc2Br)CC(c2ccccc2Br)C1. The van der Waals surface area contributed by atoms with Gasteiger partial charge < -0.3 is 0 Å². The number of hydrogen-bond donors (Lipinski definition) is 0. The number of hydrogen-bond acceptors (Lipinski definition) is 0. The summed E-state index contributed by atoms with van der Waals surface area (Å²) in [5.41, 5.74) is 4.10. The van der Waals surface area contributed by atoms with Gasteiger partial charge in [-0.25, -0.2) is 0 Å². The third kappa shape index (κ3) is 4.18. The van der Waals surface area contributed by atoms with Gasteiger partial charge in [0.15, 0.2) is 0 Å². The lowest BCUT2D eigenvalue weighted by atomic mass is 9.68. The highest BCUT2D eigenvalue weighted by atomic mass is 79.9. The van der Waals surface area contributed by atoms with Gasteiger partial charge in [0.2, 0.25) is 0 Å². The van der Waals surface area contributed by atoms with Crippen molar-refractivity contribution in [1.29, 1.82) is 0 Å². The third-order valence-corrected chi connectivity index (χ3v) is 7.53. The largest absolute Gasteiger partial charge is 0.0840 e. The van der Waals surface area contributed by atoms with E-state index < -0.39 is 0 Å². The molecule has 3 aromatic rings. The predicted octanol–water partition coefficient (Wildman–Crippen LogP) is 8.70. The minimum absolute atomic E-state index is 0.460. The maximum atomic E-state index is 6.59. The summed E-state index contributed by atoms with van der Waals surface area (Å²) in [6.07, 6.45) is 3.42. The summed E-state index contributed by atoms with van der Waals surface area (Å²) in [7, 11) is 0. The van der Waals surface area contributed by atoms with E-state index in [4.69, 9.17) is 11.6 Å². The summed E-state index contributed by atoms with van der Waals surface area (Å²) in [6.45, 7) is 0. The highest BCUT2D eigenvalue weighted by Crippen LogP contribution is 2.50. The van der Waals surface area contributed by atoms with E-state index in [1.807, 2.05) is 12.1 Å². The second-order valence-corrected chi connectivity index (χ2v) is 9.48. The smallest absolute Gasteiger partial charge is 0.0440 e. The quantitative estimate of drug-likeness (QED) is 0.335. The standard InChI is InChI=1S/C24H21Br2Cl/c25-22-10-4-1-7-19(22)16-13-17(20-8-2-5-11-23(20)26)15-18(14-16)21-9-3-6-12-24(21)27/h1-12,16-18H,13-15H2. The van der Waals surface area contributed by atoms with E-state index in [2.05, 4.69) is 92.5 Å². The van der Waals surface area contributed by atoms with Crippen LogP contribution in [0.15, 0.2) is 81.7 Å². The van der Waals surface area contributed by atoms with E-state index in [-0.39, 0.29) is 0 Å². The minimum atomic E-state index is 0.460. The lowest BCUT2D eigenvalue weighted by Crippen LogP contribution is -2.20. The van der Waals surface area contributed by atoms with Gasteiger partial charge in [-0.1, -0.05) is 98.1 Å². The van der Waals surface area contributed by atoms with Crippen LogP contribution in [0.5, 0.6) is 0 Å². The zero-order chi connectivity index (χ0) is 18.8. The first-order valence-corrected chi connectivity index (χ1v) is 11.3. The normalized spacial score (nSPS) is 22.6. The first-order chi connectivity index (χ1) is 13.1. The zero-order valence-corrected chi connectivity index (χ0v) is 18.8. The van der Waals surface area contributed by atoms with Crippen LogP contribution in [0.2, 0.25) is 5.02 Å². The summed E-state index contributed by atoms with van der Waals surface area (Å²) >= 11 is 14.1. The lowest BCUT2D eigenvalue weighted by Gasteiger charge is -2.37. The third-order valence-electron chi connectivity index (χ3n) is 5.74. The molecule has 0 bridgehead atoms. The molecule has 0 amide bonds. The summed E-state index contributed by atoms with van der Waals surface area (Å²) in [5, 5.41) is 0.890. The molecule has 0 N–H and O–H groups in total. The fourth-order valence-electron chi connectivity index (χ4n) is 4.50. The Labute approximate surface area is 183 Å². The molecular weight excluding hydrogens is 484 g/mol. The van der Waals surface area contributed by atoms with Crippen LogP contribution in [-0.4, -0.2) is 0 Å². The van der Waals surface area contributed by atoms with E-state index in [0.29, 0.717) is 17.8 Å². The molecule has 0 saturated heterocycles. The molecule has 138 valence electrons. The molecule has 0 radical (unpaired) electrons. The van der Waals surface area contributed by atoms with Crippen LogP contribution in [0.4, 0.5) is 0 Å². The Bertz CT molecular complexity index is 808. The van der Waals surface area contributed by atoms with Gasteiger partial charge in [-0.2, -0.15) is 0 Å². The Balaban J connectivity index is 1.74. The van der Waals surface area contributed by atoms with Crippen LogP contribution in [0.1, 0.15) is 53.7 Å². The second kappa shape index (κ2) is 8.51. The monoisotopic (exact) mass is 502 g/mol. The van der Waals surface area contributed by atoms with Crippen LogP contribution in [0, 0.1) is 0 Å². The van der Waals surface area contributed by atoms with Crippen molar-refractivity contribution in [3.8, 4) is 0 Å². The van der Waals surface area contributed by atoms with Crippen molar-refractivity contribution in [2.75, 3.05) is 0 Å². The van der Waals surface area contributed by atoms with Crippen LogP contribution in [0.3, 0.4) is 0 Å². The van der Waals surface area contributed by atoms with Crippen molar-refractivity contribution in [2.45, 2.75) is 37.0 Å². The van der Waals surface area contributed by atoms with Crippen molar-refractivity contribution < 1.29 is 0 Å². The van der Waals surface area contributed by atoms with Gasteiger partial charge in [-0.3, -0.25) is 0 Å². The molecule has 27 heavy (non-hydrogen) atoms. The molecule has 3 heteroatoms. The summed E-state index contributed by atoms with van der Waals surface area (Å²) < 4.78 is 2.42. The Morgan fingerprint density at radius 3 is 1.37 bits per heavy atom. The van der Waals surface area contributed by atoms with Crippen molar-refractivity contribution in [1.82, 2.24) is 0 Å². The van der Waals surface area contributed by atoms with Crippen LogP contribution >= 0.6 is 43.5 Å². The van der Waals surface area contributed by atoms with Gasteiger partial charge >= 0.3 is 0 Å². The maximum Gasteiger partial charge on any atom is 0.0440 e. The molecule has 0 nitrogen and oxygen atoms in total. The molecule has 2 atom stereocenters. The topological polar surface area (TPSA) is 0 Å². The minimum Gasteiger partial charge on any atom is -0.0840 e. The zero-order valence-electron chi connectivity index (χ0n) is 14.9. The molecule has 0 aromatic heterocycles. The van der Waals surface area contributed by atoms with Gasteiger partial charge in [0.25, 0.3) is 0 Å². The van der Waals surface area contributed by atoms with Gasteiger partial charge in [0.05, 0.1) is 0 Å². The first-order valence-electron chi connectivity index (χ1n) is 9.36. The van der Waals surface area contributed by atoms with Crippen molar-refractivity contribution in [2.24, 2.45) is 0 Å². The van der Waals surface area contributed by atoms with Gasteiger partial charge in [-0.15, -0.1) is 0 Å². The van der Waals surface area contributed by atoms with Gasteiger partial charge in [0.1, 0.15) is 0 Å². The molecular formula is C24H21Br2Cl. The average molecular weight is 505 g/mol. The predicted molar refractivity (Wildman–Crippen MR) is 122 cm³/mol. The first kappa shape index (κ1) is 19.2. The molecule has 1 aliphatic carbocycles. The van der Waals surface area contributed by atoms with Crippen molar-refractivity contribution in [3.05, 3.63) is 103 Å². The molecule has 2 unspecified atom stereocenters. The van der Waals surface area contributed by atoms with Gasteiger partial charge in [0, 0.05) is 14.0 Å². The van der Waals surface area contributed by atoms with Crippen LogP contribution in [0.25, 0.3) is 0 Å². The fourth-order valence-corrected chi connectivity index (χ4v) is 6.01. The van der Waals surface area contributed by atoms with E-state index in [1.54, 1.807) is 0 Å². The number of rotatable bonds is 3. The lowest BCUT2D eigenvalue weighted by molar-refractivity contribution is 0.350. The maximum absolute atomic E-state index is 6.59. The molecule has 0 aliphatic heterocycles. The van der Waals surface area contributed by atoms with Crippen molar-refractivity contribution in [3.63, 3.8) is 0 Å². The molecule has 1 saturated carbocycles. The van der Waals surface area contributed by atoms with E-state index in [0.717, 1.165) is 24.3 Å². The second-order valence-electron chi connectivity index (χ2n) is 7.36. The Hall–Kier alpha value is -1.09. The molecule has 0 heterocycles. The Morgan fingerprint density at radius 1 is 0.556 bits per heavy atom. The van der Waals surface area contributed by atoms with Crippen LogP contribution < -0.4 is 0 Å². The highest BCUT2D eigenvalue weighted by molar-refractivity contribution is 9.10. The number of halogens is 3. The average Bonchev–Trinajstić information content (AvgIpc) is 2.69. The Morgan fingerprint density at radius 2 is 0.926 bits per heavy atom. The van der Waals surface area contributed by atoms with E-state index in [1.165, 1.54) is 25.6 Å². The highest BCUT2D eigenvalue weighted by Gasteiger charge is 2.33.